The van der Waals surface area contributed by atoms with Crippen molar-refractivity contribution in [3.8, 4) is 5.75 Å². The normalized spacial score (nSPS) is 11.2. The number of sulfonamides is 1. The molecule has 9 heteroatoms. The summed E-state index contributed by atoms with van der Waals surface area (Å²) in [5, 5.41) is 20.1. The topological polar surface area (TPSA) is 110 Å². The Labute approximate surface area is 125 Å². The molecule has 0 fully saturated rings. The number of nitrogens with zero attached hydrogens (tertiary/aromatic N) is 1. The van der Waals surface area contributed by atoms with E-state index in [1.54, 1.807) is 0 Å². The molecule has 22 heavy (non-hydrogen) atoms. The lowest BCUT2D eigenvalue weighted by atomic mass is 10.2. The van der Waals surface area contributed by atoms with Gasteiger partial charge in [0.1, 0.15) is 11.6 Å². The van der Waals surface area contributed by atoms with Gasteiger partial charge in [-0.05, 0) is 19.1 Å². The molecule has 0 aliphatic carbocycles. The van der Waals surface area contributed by atoms with Gasteiger partial charge in [0.05, 0.1) is 15.5 Å². The lowest BCUT2D eigenvalue weighted by Gasteiger charge is -2.09. The zero-order chi connectivity index (χ0) is 16.5. The average molecular weight is 326 g/mol. The second kappa shape index (κ2) is 5.60. The van der Waals surface area contributed by atoms with Crippen LogP contribution in [0.15, 0.2) is 41.3 Å². The lowest BCUT2D eigenvalue weighted by molar-refractivity contribution is -0.385. The van der Waals surface area contributed by atoms with Gasteiger partial charge >= 0.3 is 0 Å². The third kappa shape index (κ3) is 3.31. The minimum absolute atomic E-state index is 0.194. The Morgan fingerprint density at radius 2 is 1.91 bits per heavy atom. The van der Waals surface area contributed by atoms with E-state index < -0.39 is 26.5 Å². The molecule has 0 aliphatic heterocycles. The first-order chi connectivity index (χ1) is 10.2. The second-order valence-electron chi connectivity index (χ2n) is 4.51. The van der Waals surface area contributed by atoms with Crippen molar-refractivity contribution in [3.63, 3.8) is 0 Å². The smallest absolute Gasteiger partial charge is 0.273 e. The predicted octanol–water partition coefficient (Wildman–Crippen LogP) is 2.55. The van der Waals surface area contributed by atoms with Crippen LogP contribution in [0.4, 0.5) is 15.8 Å². The Hall–Kier alpha value is -2.68. The van der Waals surface area contributed by atoms with E-state index in [1.165, 1.54) is 19.1 Å². The molecule has 0 heterocycles. The number of hydrogen-bond donors (Lipinski definition) is 2. The molecule has 0 saturated carbocycles. The average Bonchev–Trinajstić information content (AvgIpc) is 2.36. The molecule has 2 aromatic rings. The molecule has 0 unspecified atom stereocenters. The summed E-state index contributed by atoms with van der Waals surface area (Å²) in [4.78, 5) is 9.82. The number of hydrogen-bond acceptors (Lipinski definition) is 5. The van der Waals surface area contributed by atoms with Crippen LogP contribution in [0.3, 0.4) is 0 Å². The van der Waals surface area contributed by atoms with Crippen molar-refractivity contribution >= 4 is 21.4 Å². The van der Waals surface area contributed by atoms with Gasteiger partial charge in [-0.15, -0.1) is 0 Å². The first-order valence-electron chi connectivity index (χ1n) is 5.96. The van der Waals surface area contributed by atoms with Gasteiger partial charge in [-0.2, -0.15) is 0 Å². The molecule has 2 aromatic carbocycles. The molecule has 0 bridgehead atoms. The van der Waals surface area contributed by atoms with E-state index in [1.807, 2.05) is 0 Å². The molecule has 0 atom stereocenters. The van der Waals surface area contributed by atoms with E-state index in [2.05, 4.69) is 4.72 Å². The second-order valence-corrected chi connectivity index (χ2v) is 6.19. The highest BCUT2D eigenvalue weighted by molar-refractivity contribution is 7.92. The molecule has 0 spiro atoms. The van der Waals surface area contributed by atoms with Gasteiger partial charge < -0.3 is 5.11 Å². The summed E-state index contributed by atoms with van der Waals surface area (Å²) < 4.78 is 39.5. The number of phenols is 1. The summed E-state index contributed by atoms with van der Waals surface area (Å²) in [6.45, 7) is 1.48. The number of phenolic OH excluding ortho intramolecular Hbond substituents is 1. The number of anilines is 1. The van der Waals surface area contributed by atoms with Gasteiger partial charge in [-0.1, -0.05) is 6.07 Å². The summed E-state index contributed by atoms with van der Waals surface area (Å²) >= 11 is 0. The lowest BCUT2D eigenvalue weighted by Crippen LogP contribution is -2.13. The molecular formula is C13H11FN2O5S. The van der Waals surface area contributed by atoms with Gasteiger partial charge in [-0.25, -0.2) is 12.8 Å². The molecule has 116 valence electrons. The SMILES string of the molecule is Cc1ccc(S(=O)(=O)Nc2cc(O)cc(F)c2)cc1[N+](=O)[O-]. The maximum absolute atomic E-state index is 13.1. The van der Waals surface area contributed by atoms with E-state index in [-0.39, 0.29) is 16.3 Å². The zero-order valence-electron chi connectivity index (χ0n) is 11.3. The van der Waals surface area contributed by atoms with Crippen LogP contribution in [-0.4, -0.2) is 18.4 Å². The Bertz CT molecular complexity index is 831. The molecule has 0 aliphatic rings. The summed E-state index contributed by atoms with van der Waals surface area (Å²) in [5.41, 5.74) is -0.224. The molecule has 7 nitrogen and oxygen atoms in total. The third-order valence-electron chi connectivity index (χ3n) is 2.82. The molecule has 0 amide bonds. The Kier molecular flexibility index (Phi) is 4.00. The van der Waals surface area contributed by atoms with Crippen LogP contribution in [0, 0.1) is 22.9 Å². The molecule has 2 N–H and O–H groups in total. The van der Waals surface area contributed by atoms with E-state index in [0.717, 1.165) is 24.3 Å². The highest BCUT2D eigenvalue weighted by Gasteiger charge is 2.20. The number of halogens is 1. The number of nitro benzene ring substituents is 1. The van der Waals surface area contributed by atoms with Crippen LogP contribution >= 0.6 is 0 Å². The first-order valence-corrected chi connectivity index (χ1v) is 7.45. The predicted molar refractivity (Wildman–Crippen MR) is 76.7 cm³/mol. The minimum atomic E-state index is -4.15. The number of benzene rings is 2. The minimum Gasteiger partial charge on any atom is -0.508 e. The van der Waals surface area contributed by atoms with Crippen LogP contribution < -0.4 is 4.72 Å². The highest BCUT2D eigenvalue weighted by atomic mass is 32.2. The van der Waals surface area contributed by atoms with Crippen molar-refractivity contribution in [2.24, 2.45) is 0 Å². The Balaban J connectivity index is 2.42. The Morgan fingerprint density at radius 1 is 1.23 bits per heavy atom. The molecular weight excluding hydrogens is 315 g/mol. The van der Waals surface area contributed by atoms with Gasteiger partial charge in [0.2, 0.25) is 0 Å². The number of nitro groups is 1. The van der Waals surface area contributed by atoms with E-state index >= 15 is 0 Å². The molecule has 0 aromatic heterocycles. The van der Waals surface area contributed by atoms with Crippen molar-refractivity contribution in [2.45, 2.75) is 11.8 Å². The molecule has 2 rings (SSSR count). The fraction of sp³-hybridized carbons (Fsp3) is 0.0769. The van der Waals surface area contributed by atoms with Gasteiger partial charge in [0, 0.05) is 23.8 Å². The zero-order valence-corrected chi connectivity index (χ0v) is 12.1. The largest absolute Gasteiger partial charge is 0.508 e. The van der Waals surface area contributed by atoms with Gasteiger partial charge in [0.15, 0.2) is 0 Å². The van der Waals surface area contributed by atoms with Crippen LogP contribution in [0.1, 0.15) is 5.56 Å². The van der Waals surface area contributed by atoms with Crippen molar-refractivity contribution in [1.82, 2.24) is 0 Å². The monoisotopic (exact) mass is 326 g/mol. The third-order valence-corrected chi connectivity index (χ3v) is 4.20. The van der Waals surface area contributed by atoms with Crippen LogP contribution in [-0.2, 0) is 10.0 Å². The summed E-state index contributed by atoms with van der Waals surface area (Å²) in [7, 11) is -4.15. The molecule has 0 saturated heterocycles. The highest BCUT2D eigenvalue weighted by Crippen LogP contribution is 2.25. The number of aryl methyl sites for hydroxylation is 1. The summed E-state index contributed by atoms with van der Waals surface area (Å²) in [6.07, 6.45) is 0. The fourth-order valence-corrected chi connectivity index (χ4v) is 2.86. The van der Waals surface area contributed by atoms with Crippen molar-refractivity contribution < 1.29 is 22.8 Å². The first kappa shape index (κ1) is 15.7. The van der Waals surface area contributed by atoms with Crippen molar-refractivity contribution in [2.75, 3.05) is 4.72 Å². The van der Waals surface area contributed by atoms with Gasteiger partial charge in [-0.3, -0.25) is 14.8 Å². The van der Waals surface area contributed by atoms with Gasteiger partial charge in [0.25, 0.3) is 15.7 Å². The number of aromatic hydroxyl groups is 1. The van der Waals surface area contributed by atoms with Crippen LogP contribution in [0.5, 0.6) is 5.75 Å². The number of nitrogens with one attached hydrogen (secondary N) is 1. The maximum Gasteiger partial charge on any atom is 0.273 e. The standard InChI is InChI=1S/C13H11FN2O5S/c1-8-2-3-12(7-13(8)16(18)19)22(20,21)15-10-4-9(14)5-11(17)6-10/h2-7,15,17H,1H3. The fourth-order valence-electron chi connectivity index (χ4n) is 1.80. The van der Waals surface area contributed by atoms with Crippen molar-refractivity contribution in [3.05, 3.63) is 57.9 Å². The van der Waals surface area contributed by atoms with Crippen molar-refractivity contribution in [1.29, 1.82) is 0 Å². The molecule has 0 radical (unpaired) electrons. The van der Waals surface area contributed by atoms with Crippen LogP contribution in [0.25, 0.3) is 0 Å². The summed E-state index contributed by atoms with van der Waals surface area (Å²) in [5.74, 6) is -1.28. The summed E-state index contributed by atoms with van der Waals surface area (Å²) in [6, 6.07) is 6.12. The van der Waals surface area contributed by atoms with Crippen LogP contribution in [0.2, 0.25) is 0 Å². The van der Waals surface area contributed by atoms with E-state index in [0.29, 0.717) is 5.56 Å². The quantitative estimate of drug-likeness (QED) is 0.663. The number of rotatable bonds is 4. The Morgan fingerprint density at radius 3 is 2.50 bits per heavy atom. The van der Waals surface area contributed by atoms with E-state index in [9.17, 15) is 28.0 Å². The van der Waals surface area contributed by atoms with E-state index in [4.69, 9.17) is 0 Å². The maximum atomic E-state index is 13.1.